The van der Waals surface area contributed by atoms with Crippen LogP contribution in [0, 0.1) is 0 Å². The highest BCUT2D eigenvalue weighted by Gasteiger charge is 2.45. The number of aromatic hydroxyl groups is 8. The summed E-state index contributed by atoms with van der Waals surface area (Å²) in [4.78, 5) is 13.5. The van der Waals surface area contributed by atoms with Crippen molar-refractivity contribution in [2.24, 2.45) is 17.3 Å². The number of phenols is 8. The predicted molar refractivity (Wildman–Crippen MR) is 205 cm³/mol. The van der Waals surface area contributed by atoms with Gasteiger partial charge in [-0.15, -0.1) is 0 Å². The Kier molecular flexibility index (Phi) is 18.0. The highest BCUT2D eigenvalue weighted by Crippen LogP contribution is 2.51. The molecule has 3 aromatic carbocycles. The molecule has 0 saturated heterocycles. The average molecular weight is 837 g/mol. The average Bonchev–Trinajstić information content (AvgIpc) is 3.18. The molecule has 3 unspecified atom stereocenters. The van der Waals surface area contributed by atoms with Crippen LogP contribution in [0.15, 0.2) is 48.3 Å². The molecule has 0 radical (unpaired) electrons. The first kappa shape index (κ1) is 46.0. The number of fused-ring (bicyclic) bond motifs is 1. The molecule has 0 bridgehead atoms. The Morgan fingerprint density at radius 1 is 0.678 bits per heavy atom. The molecular formula is C38H52N4O17. The summed E-state index contributed by atoms with van der Waals surface area (Å²) in [5.41, 5.74) is 11.3. The number of carbonyl (C=O) groups excluding carboxylic acids is 1. The number of ether oxygens (including phenoxy) is 8. The smallest absolute Gasteiger partial charge is 0.338 e. The number of esters is 1. The lowest BCUT2D eigenvalue weighted by atomic mass is 9.90. The van der Waals surface area contributed by atoms with Crippen molar-refractivity contribution in [2.75, 3.05) is 85.8 Å². The van der Waals surface area contributed by atoms with Gasteiger partial charge in [0.25, 0.3) is 0 Å². The summed E-state index contributed by atoms with van der Waals surface area (Å²) in [6, 6.07) is 5.85. The standard InChI is InChI=1S/C38H52N4O17/c39-2-5-53-8-10-55-12-14-56-13-11-54-9-7-52-4-1-24(40)21-42(41)3-6-57-36-32-26(44)19-25(43)20-31(32)58-35(22-15-27(45)33(49)28(46)16-22)37(36)59-38(51)23-17-29(47)34(50)30(48)18-23/h15-21,35-37,43-50H,1-14,39-41H2/b24-21-. The number of hydrogen-bond acceptors (Lipinski definition) is 21. The zero-order valence-electron chi connectivity index (χ0n) is 32.1. The molecule has 3 aromatic rings. The molecule has 1 aliphatic heterocycles. The normalized spacial score (nSPS) is 16.4. The Morgan fingerprint density at radius 3 is 1.73 bits per heavy atom. The van der Waals surface area contributed by atoms with Crippen LogP contribution < -0.4 is 22.0 Å². The highest BCUT2D eigenvalue weighted by atomic mass is 16.6. The molecule has 4 rings (SSSR count). The van der Waals surface area contributed by atoms with Crippen LogP contribution in [0.2, 0.25) is 0 Å². The van der Waals surface area contributed by atoms with Crippen LogP contribution in [0.25, 0.3) is 0 Å². The largest absolute Gasteiger partial charge is 0.508 e. The van der Waals surface area contributed by atoms with Crippen molar-refractivity contribution in [1.82, 2.24) is 5.01 Å². The molecule has 0 spiro atoms. The van der Waals surface area contributed by atoms with Gasteiger partial charge in [0.2, 0.25) is 0 Å². The van der Waals surface area contributed by atoms with Gasteiger partial charge in [-0.3, -0.25) is 0 Å². The summed E-state index contributed by atoms with van der Waals surface area (Å²) in [6.07, 6.45) is -2.66. The van der Waals surface area contributed by atoms with Gasteiger partial charge in [0, 0.05) is 42.6 Å². The second kappa shape index (κ2) is 23.1. The third-order valence-corrected chi connectivity index (χ3v) is 8.47. The second-order valence-electron chi connectivity index (χ2n) is 12.9. The molecule has 0 amide bonds. The third kappa shape index (κ3) is 13.7. The van der Waals surface area contributed by atoms with Crippen LogP contribution in [0.5, 0.6) is 51.7 Å². The zero-order valence-corrected chi connectivity index (χ0v) is 32.1. The number of nitrogens with zero attached hydrogens (tertiary/aromatic N) is 1. The van der Waals surface area contributed by atoms with Gasteiger partial charge in [-0.05, 0) is 24.3 Å². The van der Waals surface area contributed by atoms with Crippen LogP contribution in [0.3, 0.4) is 0 Å². The van der Waals surface area contributed by atoms with E-state index >= 15 is 0 Å². The number of rotatable bonds is 25. The van der Waals surface area contributed by atoms with Gasteiger partial charge in [0.1, 0.15) is 23.4 Å². The van der Waals surface area contributed by atoms with Crippen molar-refractivity contribution in [3.05, 3.63) is 65.0 Å². The van der Waals surface area contributed by atoms with Crippen molar-refractivity contribution >= 4 is 5.97 Å². The van der Waals surface area contributed by atoms with Crippen molar-refractivity contribution in [3.63, 3.8) is 0 Å². The zero-order chi connectivity index (χ0) is 42.9. The molecule has 59 heavy (non-hydrogen) atoms. The number of phenolic OH excluding ortho intramolecular Hbond substituents is 8. The number of benzene rings is 3. The van der Waals surface area contributed by atoms with Crippen molar-refractivity contribution in [1.29, 1.82) is 0 Å². The molecule has 3 atom stereocenters. The molecule has 1 heterocycles. The summed E-state index contributed by atoms with van der Waals surface area (Å²) in [7, 11) is 0. The predicted octanol–water partition coefficient (Wildman–Crippen LogP) is 1.16. The van der Waals surface area contributed by atoms with E-state index in [1.807, 2.05) is 0 Å². The van der Waals surface area contributed by atoms with E-state index in [4.69, 9.17) is 55.2 Å². The van der Waals surface area contributed by atoms with E-state index in [0.717, 1.165) is 36.4 Å². The number of nitrogens with two attached hydrogens (primary N) is 3. The van der Waals surface area contributed by atoms with Gasteiger partial charge in [0.15, 0.2) is 46.7 Å². The minimum absolute atomic E-state index is 0.00976. The van der Waals surface area contributed by atoms with E-state index in [-0.39, 0.29) is 36.6 Å². The molecule has 326 valence electrons. The SMILES string of the molecule is NCCOCCOCCOCCOCCOCC/C(N)=C/N(N)CCOC1c2c(O)cc(O)cc2OC(c2cc(O)c(O)c(O)c2)C1OC(=O)c1cc(O)c(O)c(O)c1. The minimum Gasteiger partial charge on any atom is -0.508 e. The van der Waals surface area contributed by atoms with Gasteiger partial charge in [-0.1, -0.05) is 0 Å². The number of carbonyl (C=O) groups is 1. The first-order valence-electron chi connectivity index (χ1n) is 18.4. The summed E-state index contributed by atoms with van der Waals surface area (Å²) in [5.74, 6) is -0.976. The summed E-state index contributed by atoms with van der Waals surface area (Å²) in [6.45, 7) is 4.33. The van der Waals surface area contributed by atoms with Crippen molar-refractivity contribution in [3.8, 4) is 51.7 Å². The first-order chi connectivity index (χ1) is 28.3. The van der Waals surface area contributed by atoms with E-state index < -0.39 is 75.8 Å². The van der Waals surface area contributed by atoms with Crippen LogP contribution in [-0.4, -0.2) is 144 Å². The number of hydrogen-bond donors (Lipinski definition) is 11. The van der Waals surface area contributed by atoms with E-state index in [0.29, 0.717) is 78.1 Å². The Labute approximate surface area is 338 Å². The second-order valence-corrected chi connectivity index (χ2v) is 12.9. The summed E-state index contributed by atoms with van der Waals surface area (Å²) < 4.78 is 45.1. The molecule has 0 saturated carbocycles. The van der Waals surface area contributed by atoms with Crippen LogP contribution >= 0.6 is 0 Å². The fraction of sp³-hybridized carbons (Fsp3) is 0.447. The Bertz CT molecular complexity index is 1800. The van der Waals surface area contributed by atoms with E-state index in [9.17, 15) is 45.6 Å². The molecule has 0 aliphatic carbocycles. The first-order valence-corrected chi connectivity index (χ1v) is 18.4. The number of hydrazine groups is 1. The molecule has 0 aromatic heterocycles. The fourth-order valence-electron chi connectivity index (χ4n) is 5.65. The van der Waals surface area contributed by atoms with E-state index in [1.165, 1.54) is 11.2 Å². The van der Waals surface area contributed by atoms with Crippen molar-refractivity contribution < 1.29 is 83.5 Å². The maximum Gasteiger partial charge on any atom is 0.338 e. The quantitative estimate of drug-likeness (QED) is 0.0187. The molecule has 0 fully saturated rings. The van der Waals surface area contributed by atoms with E-state index in [2.05, 4.69) is 0 Å². The van der Waals surface area contributed by atoms with Gasteiger partial charge >= 0.3 is 5.97 Å². The van der Waals surface area contributed by atoms with Crippen LogP contribution in [0.4, 0.5) is 0 Å². The molecular weight excluding hydrogens is 784 g/mol. The Balaban J connectivity index is 1.34. The molecule has 21 heteroatoms. The Hall–Kier alpha value is -5.65. The van der Waals surface area contributed by atoms with Crippen molar-refractivity contribution in [2.45, 2.75) is 24.7 Å². The van der Waals surface area contributed by atoms with E-state index in [1.54, 1.807) is 0 Å². The topological polar surface area (TPSA) is 334 Å². The van der Waals surface area contributed by atoms with Gasteiger partial charge < -0.3 is 95.2 Å². The van der Waals surface area contributed by atoms with Crippen LogP contribution in [-0.2, 0) is 33.2 Å². The highest BCUT2D eigenvalue weighted by molar-refractivity contribution is 5.91. The summed E-state index contributed by atoms with van der Waals surface area (Å²) in [5, 5.41) is 82.9. The fourth-order valence-corrected chi connectivity index (χ4v) is 5.65. The molecule has 1 aliphatic rings. The maximum absolute atomic E-state index is 13.5. The van der Waals surface area contributed by atoms with Gasteiger partial charge in [0.05, 0.1) is 90.3 Å². The summed E-state index contributed by atoms with van der Waals surface area (Å²) >= 11 is 0. The van der Waals surface area contributed by atoms with Gasteiger partial charge in [-0.2, -0.15) is 0 Å². The lowest BCUT2D eigenvalue weighted by molar-refractivity contribution is -0.112. The van der Waals surface area contributed by atoms with Gasteiger partial charge in [-0.25, -0.2) is 10.6 Å². The maximum atomic E-state index is 13.5. The van der Waals surface area contributed by atoms with Crippen LogP contribution in [0.1, 0.15) is 40.1 Å². The lowest BCUT2D eigenvalue weighted by Gasteiger charge is -2.39. The minimum atomic E-state index is -1.58. The lowest BCUT2D eigenvalue weighted by Crippen LogP contribution is -2.40. The Morgan fingerprint density at radius 2 is 1.19 bits per heavy atom. The molecule has 21 nitrogen and oxygen atoms in total. The molecule has 14 N–H and O–H groups in total. The monoisotopic (exact) mass is 836 g/mol. The third-order valence-electron chi connectivity index (χ3n) is 8.47.